The van der Waals surface area contributed by atoms with Crippen LogP contribution < -0.4 is 24.0 Å². The molecule has 0 aromatic rings. The predicted molar refractivity (Wildman–Crippen MR) is 111 cm³/mol. The number of nitrogens with zero attached hydrogens (tertiary/aromatic N) is 1. The van der Waals surface area contributed by atoms with Gasteiger partial charge in [0.1, 0.15) is 6.54 Å². The third kappa shape index (κ3) is 8.18. The summed E-state index contributed by atoms with van der Waals surface area (Å²) in [5.41, 5.74) is 0. The normalized spacial score (nSPS) is 15.9. The maximum absolute atomic E-state index is 14.3. The zero-order chi connectivity index (χ0) is 33.1. The fourth-order valence-corrected chi connectivity index (χ4v) is 3.73. The summed E-state index contributed by atoms with van der Waals surface area (Å²) >= 11 is 0. The van der Waals surface area contributed by atoms with Crippen molar-refractivity contribution in [2.45, 2.75) is 112 Å². The standard InChI is InChI=1S/C22H31F17NO.HI/c1-4-5-6-7-8-9-10-11-12-40(2,3)13-14(41)15(23,24)16(25,26)17(27,28)18(29,30)19(31,32)20(33,34)21(35,36)22(37,38)39;/h14,41H,4-13H2,1-3H3;1H/q+1;/p-1. The first-order valence-electron chi connectivity index (χ1n) is 12.2. The number of likely N-dealkylation sites (N-methyl/N-ethyl adjacent to an activating group) is 1. The van der Waals surface area contributed by atoms with Crippen LogP contribution in [0.2, 0.25) is 0 Å². The Morgan fingerprint density at radius 3 is 1.17 bits per heavy atom. The minimum Gasteiger partial charge on any atom is -1.00 e. The summed E-state index contributed by atoms with van der Waals surface area (Å²) in [5, 5.41) is 9.57. The van der Waals surface area contributed by atoms with Crippen LogP contribution in [-0.2, 0) is 0 Å². The molecule has 1 unspecified atom stereocenters. The third-order valence-electron chi connectivity index (χ3n) is 6.45. The van der Waals surface area contributed by atoms with Gasteiger partial charge in [-0.2, -0.15) is 74.6 Å². The molecule has 0 rings (SSSR count). The van der Waals surface area contributed by atoms with E-state index in [2.05, 4.69) is 0 Å². The number of quaternary nitrogens is 1. The van der Waals surface area contributed by atoms with Gasteiger partial charge in [-0.15, -0.1) is 0 Å². The first-order valence-corrected chi connectivity index (χ1v) is 12.2. The number of unbranched alkanes of at least 4 members (excludes halogenated alkanes) is 7. The number of alkyl halides is 17. The number of aliphatic hydroxyl groups is 1. The Morgan fingerprint density at radius 1 is 0.500 bits per heavy atom. The van der Waals surface area contributed by atoms with Crippen molar-refractivity contribution in [3.05, 3.63) is 0 Å². The summed E-state index contributed by atoms with van der Waals surface area (Å²) in [7, 11) is 2.00. The molecule has 0 bridgehead atoms. The lowest BCUT2D eigenvalue weighted by Crippen LogP contribution is -3.00. The first-order chi connectivity index (χ1) is 17.9. The van der Waals surface area contributed by atoms with Crippen molar-refractivity contribution in [3.63, 3.8) is 0 Å². The van der Waals surface area contributed by atoms with Crippen LogP contribution in [0.4, 0.5) is 74.6 Å². The summed E-state index contributed by atoms with van der Waals surface area (Å²) in [5.74, 6) is -57.2. The molecule has 42 heavy (non-hydrogen) atoms. The zero-order valence-corrected chi connectivity index (χ0v) is 24.5. The van der Waals surface area contributed by atoms with Crippen molar-refractivity contribution < 1.29 is 108 Å². The average molecular weight is 775 g/mol. The van der Waals surface area contributed by atoms with Crippen LogP contribution in [0.3, 0.4) is 0 Å². The minimum absolute atomic E-state index is 0. The summed E-state index contributed by atoms with van der Waals surface area (Å²) in [4.78, 5) is 0. The molecule has 256 valence electrons. The second-order valence-electron chi connectivity index (χ2n) is 10.4. The van der Waals surface area contributed by atoms with Crippen LogP contribution in [0.1, 0.15) is 58.3 Å². The average Bonchev–Trinajstić information content (AvgIpc) is 2.78. The molecule has 2 nitrogen and oxygen atoms in total. The SMILES string of the molecule is CCCCCCCCCC[N+](C)(C)CC(O)C(F)(F)C(F)(F)C(F)(F)C(F)(F)C(F)(F)C(F)(F)C(F)(F)C(F)(F)F.[I-]. The van der Waals surface area contributed by atoms with Crippen LogP contribution in [0, 0.1) is 0 Å². The maximum Gasteiger partial charge on any atom is 0.460 e. The highest BCUT2D eigenvalue weighted by Crippen LogP contribution is 2.64. The Hall–Kier alpha value is -0.540. The monoisotopic (exact) mass is 775 g/mol. The fourth-order valence-electron chi connectivity index (χ4n) is 3.73. The largest absolute Gasteiger partial charge is 1.00 e. The van der Waals surface area contributed by atoms with Crippen LogP contribution in [0.5, 0.6) is 0 Å². The lowest BCUT2D eigenvalue weighted by atomic mass is 9.87. The Bertz CT molecular complexity index is 830. The number of hydrogen-bond acceptors (Lipinski definition) is 1. The molecule has 0 amide bonds. The summed E-state index contributed by atoms with van der Waals surface area (Å²) in [6.07, 6.45) is -5.94. The van der Waals surface area contributed by atoms with Crippen LogP contribution >= 0.6 is 0 Å². The molecule has 0 aliphatic rings. The van der Waals surface area contributed by atoms with E-state index in [-0.39, 0.29) is 36.9 Å². The minimum atomic E-state index is -8.68. The van der Waals surface area contributed by atoms with Crippen molar-refractivity contribution in [2.75, 3.05) is 27.2 Å². The second-order valence-corrected chi connectivity index (χ2v) is 10.4. The van der Waals surface area contributed by atoms with Gasteiger partial charge in [0.2, 0.25) is 0 Å². The molecule has 0 spiro atoms. The highest BCUT2D eigenvalue weighted by Gasteiger charge is 2.95. The van der Waals surface area contributed by atoms with Crippen LogP contribution in [0.25, 0.3) is 0 Å². The van der Waals surface area contributed by atoms with Crippen LogP contribution in [-0.4, -0.2) is 90.5 Å². The molecule has 0 aliphatic carbocycles. The van der Waals surface area contributed by atoms with Gasteiger partial charge in [-0.1, -0.05) is 45.4 Å². The number of rotatable bonds is 18. The Labute approximate surface area is 247 Å². The smallest absolute Gasteiger partial charge is 0.460 e. The van der Waals surface area contributed by atoms with Gasteiger partial charge < -0.3 is 33.6 Å². The lowest BCUT2D eigenvalue weighted by Gasteiger charge is -2.44. The van der Waals surface area contributed by atoms with E-state index in [0.29, 0.717) is 12.8 Å². The fraction of sp³-hybridized carbons (Fsp3) is 1.00. The van der Waals surface area contributed by atoms with Crippen molar-refractivity contribution in [1.29, 1.82) is 0 Å². The van der Waals surface area contributed by atoms with Crippen molar-refractivity contribution in [2.24, 2.45) is 0 Å². The van der Waals surface area contributed by atoms with E-state index >= 15 is 0 Å². The Kier molecular flexibility index (Phi) is 14.8. The molecular weight excluding hydrogens is 744 g/mol. The van der Waals surface area contributed by atoms with Gasteiger partial charge in [-0.3, -0.25) is 0 Å². The second kappa shape index (κ2) is 14.3. The molecule has 0 saturated carbocycles. The number of hydrogen-bond donors (Lipinski definition) is 1. The van der Waals surface area contributed by atoms with E-state index < -0.39 is 64.8 Å². The Morgan fingerprint density at radius 2 is 0.810 bits per heavy atom. The molecule has 0 heterocycles. The van der Waals surface area contributed by atoms with Gasteiger partial charge in [0.25, 0.3) is 0 Å². The van der Waals surface area contributed by atoms with E-state index in [4.69, 9.17) is 0 Å². The predicted octanol–water partition coefficient (Wildman–Crippen LogP) is 5.58. The topological polar surface area (TPSA) is 20.2 Å². The molecule has 0 aromatic heterocycles. The van der Waals surface area contributed by atoms with Crippen LogP contribution in [0.15, 0.2) is 0 Å². The number of aliphatic hydroxyl groups excluding tert-OH is 1. The molecule has 0 radical (unpaired) electrons. The Balaban J connectivity index is 0. The maximum atomic E-state index is 14.3. The summed E-state index contributed by atoms with van der Waals surface area (Å²) in [6, 6.07) is 0. The molecule has 0 saturated heterocycles. The van der Waals surface area contributed by atoms with E-state index in [9.17, 15) is 79.7 Å². The summed E-state index contributed by atoms with van der Waals surface area (Å²) < 4.78 is 227. The molecule has 1 N–H and O–H groups in total. The molecule has 0 aromatic carbocycles. The van der Waals surface area contributed by atoms with Gasteiger partial charge in [0.05, 0.1) is 20.6 Å². The van der Waals surface area contributed by atoms with E-state index in [1.807, 2.05) is 6.92 Å². The van der Waals surface area contributed by atoms with Gasteiger partial charge in [-0.05, 0) is 12.8 Å². The van der Waals surface area contributed by atoms with E-state index in [1.54, 1.807) is 0 Å². The molecule has 1 atom stereocenters. The van der Waals surface area contributed by atoms with Gasteiger partial charge in [-0.25, -0.2) is 0 Å². The zero-order valence-electron chi connectivity index (χ0n) is 22.3. The van der Waals surface area contributed by atoms with Gasteiger partial charge in [0, 0.05) is 0 Å². The first kappa shape index (κ1) is 43.6. The molecule has 0 aliphatic heterocycles. The third-order valence-corrected chi connectivity index (χ3v) is 6.45. The van der Waals surface area contributed by atoms with E-state index in [0.717, 1.165) is 46.2 Å². The van der Waals surface area contributed by atoms with Crippen molar-refractivity contribution in [1.82, 2.24) is 0 Å². The lowest BCUT2D eigenvalue weighted by molar-refractivity contribution is -0.895. The highest BCUT2D eigenvalue weighted by molar-refractivity contribution is 5.15. The summed E-state index contributed by atoms with van der Waals surface area (Å²) in [6.45, 7) is 0.185. The van der Waals surface area contributed by atoms with E-state index in [1.165, 1.54) is 0 Å². The molecule has 20 heteroatoms. The van der Waals surface area contributed by atoms with Crippen molar-refractivity contribution in [3.8, 4) is 0 Å². The van der Waals surface area contributed by atoms with Gasteiger partial charge >= 0.3 is 47.6 Å². The number of halogens is 18. The van der Waals surface area contributed by atoms with Gasteiger partial charge in [0.15, 0.2) is 6.10 Å². The van der Waals surface area contributed by atoms with Crippen molar-refractivity contribution >= 4 is 0 Å². The molecule has 0 fully saturated rings. The quantitative estimate of drug-likeness (QED) is 0.0836. The highest BCUT2D eigenvalue weighted by atomic mass is 127. The molecular formula is C22H31F17INO.